The van der Waals surface area contributed by atoms with Gasteiger partial charge in [0.1, 0.15) is 12.1 Å². The zero-order valence-corrected chi connectivity index (χ0v) is 16.5. The number of hydrogen-bond donors (Lipinski definition) is 0. The summed E-state index contributed by atoms with van der Waals surface area (Å²) in [5.41, 5.74) is 3.59. The number of methoxy groups -OCH3 is 1. The lowest BCUT2D eigenvalue weighted by Gasteiger charge is -2.24. The van der Waals surface area contributed by atoms with Crippen molar-refractivity contribution >= 4 is 12.2 Å². The highest BCUT2D eigenvalue weighted by Crippen LogP contribution is 2.33. The number of rotatable bonds is 5. The van der Waals surface area contributed by atoms with E-state index >= 15 is 0 Å². The molecule has 2 heterocycles. The molecule has 1 aromatic heterocycles. The molecule has 0 radical (unpaired) electrons. The highest BCUT2D eigenvalue weighted by Gasteiger charge is 2.26. The minimum atomic E-state index is 0.390. The van der Waals surface area contributed by atoms with Crippen molar-refractivity contribution in [3.05, 3.63) is 70.8 Å². The molecule has 0 amide bonds. The summed E-state index contributed by atoms with van der Waals surface area (Å²) >= 11 is 5.71. The van der Waals surface area contributed by atoms with Crippen LogP contribution in [0.2, 0.25) is 0 Å². The number of aryl methyl sites for hydroxylation is 1. The molecule has 5 nitrogen and oxygen atoms in total. The van der Waals surface area contributed by atoms with Crippen molar-refractivity contribution in [2.45, 2.75) is 32.5 Å². The molecule has 0 aliphatic carbocycles. The van der Waals surface area contributed by atoms with E-state index in [0.717, 1.165) is 29.2 Å². The molecule has 3 aromatic rings. The van der Waals surface area contributed by atoms with Crippen LogP contribution >= 0.6 is 12.2 Å². The average Bonchev–Trinajstić information content (AvgIpc) is 3.30. The van der Waals surface area contributed by atoms with Crippen LogP contribution in [-0.2, 0) is 6.67 Å². The fraction of sp³-hybridized carbons (Fsp3) is 0.333. The third-order valence-electron chi connectivity index (χ3n) is 5.29. The van der Waals surface area contributed by atoms with Gasteiger partial charge in [-0.2, -0.15) is 5.10 Å². The fourth-order valence-electron chi connectivity index (χ4n) is 3.80. The van der Waals surface area contributed by atoms with Crippen LogP contribution < -0.4 is 4.74 Å². The largest absolute Gasteiger partial charge is 0.497 e. The summed E-state index contributed by atoms with van der Waals surface area (Å²) in [5, 5.41) is 4.57. The first-order chi connectivity index (χ1) is 13.2. The molecule has 6 heteroatoms. The number of nitrogens with zero attached hydrogens (tertiary/aromatic N) is 4. The van der Waals surface area contributed by atoms with Crippen molar-refractivity contribution in [2.24, 2.45) is 0 Å². The SMILES string of the molecule is COc1ccc([C@@H]2CCCN2Cn2ncn(-c3ccccc3C)c2=S)cc1. The summed E-state index contributed by atoms with van der Waals surface area (Å²) in [4.78, 5) is 2.45. The third-order valence-corrected chi connectivity index (χ3v) is 5.70. The van der Waals surface area contributed by atoms with E-state index in [1.807, 2.05) is 39.8 Å². The Bertz CT molecular complexity index is 976. The summed E-state index contributed by atoms with van der Waals surface area (Å²) in [6, 6.07) is 17.0. The van der Waals surface area contributed by atoms with Gasteiger partial charge >= 0.3 is 0 Å². The standard InChI is InChI=1S/C21H24N4OS/c1-16-6-3-4-7-19(16)24-14-22-25(21(24)27)15-23-13-5-8-20(23)17-9-11-18(26-2)12-10-17/h3-4,6-7,9-12,14,20H,5,8,13,15H2,1-2H3/t20-/m0/s1. The van der Waals surface area contributed by atoms with Crippen LogP contribution in [0.15, 0.2) is 54.9 Å². The van der Waals surface area contributed by atoms with Gasteiger partial charge in [0.25, 0.3) is 0 Å². The molecule has 0 unspecified atom stereocenters. The lowest BCUT2D eigenvalue weighted by atomic mass is 10.0. The molecule has 0 saturated carbocycles. The minimum Gasteiger partial charge on any atom is -0.497 e. The van der Waals surface area contributed by atoms with Crippen LogP contribution in [0.3, 0.4) is 0 Å². The molecule has 140 valence electrons. The number of aromatic nitrogens is 3. The zero-order chi connectivity index (χ0) is 18.8. The molecule has 4 rings (SSSR count). The molecule has 1 aliphatic rings. The molecule has 27 heavy (non-hydrogen) atoms. The molecule has 1 atom stereocenters. The van der Waals surface area contributed by atoms with Gasteiger partial charge in [-0.15, -0.1) is 0 Å². The summed E-state index contributed by atoms with van der Waals surface area (Å²) in [6.07, 6.45) is 4.16. The van der Waals surface area contributed by atoms with Crippen molar-refractivity contribution in [1.29, 1.82) is 0 Å². The number of ether oxygens (including phenoxy) is 1. The van der Waals surface area contributed by atoms with Gasteiger partial charge in [0.05, 0.1) is 19.5 Å². The second kappa shape index (κ2) is 7.66. The normalized spacial score (nSPS) is 17.3. The first-order valence-corrected chi connectivity index (χ1v) is 9.66. The molecule has 0 bridgehead atoms. The van der Waals surface area contributed by atoms with Crippen LogP contribution in [0, 0.1) is 11.7 Å². The zero-order valence-electron chi connectivity index (χ0n) is 15.7. The molecule has 2 aromatic carbocycles. The van der Waals surface area contributed by atoms with Crippen LogP contribution in [0.25, 0.3) is 5.69 Å². The van der Waals surface area contributed by atoms with E-state index in [9.17, 15) is 0 Å². The Labute approximate surface area is 164 Å². The maximum Gasteiger partial charge on any atom is 0.203 e. The predicted octanol–water partition coefficient (Wildman–Crippen LogP) is 4.51. The molecule has 1 saturated heterocycles. The summed E-state index contributed by atoms with van der Waals surface area (Å²) in [6.45, 7) is 3.85. The van der Waals surface area contributed by atoms with E-state index in [1.54, 1.807) is 7.11 Å². The van der Waals surface area contributed by atoms with Crippen LogP contribution in [0.1, 0.15) is 30.0 Å². The average molecular weight is 381 g/mol. The van der Waals surface area contributed by atoms with E-state index in [2.05, 4.69) is 41.2 Å². The minimum absolute atomic E-state index is 0.390. The second-order valence-electron chi connectivity index (χ2n) is 6.95. The lowest BCUT2D eigenvalue weighted by Crippen LogP contribution is -2.27. The summed E-state index contributed by atoms with van der Waals surface area (Å²) in [7, 11) is 1.70. The van der Waals surface area contributed by atoms with Gasteiger partial charge in [0.15, 0.2) is 0 Å². The number of hydrogen-bond acceptors (Lipinski definition) is 4. The van der Waals surface area contributed by atoms with Crippen molar-refractivity contribution in [2.75, 3.05) is 13.7 Å². The Kier molecular flexibility index (Phi) is 5.09. The summed E-state index contributed by atoms with van der Waals surface area (Å²) in [5.74, 6) is 0.891. The molecular formula is C21H24N4OS. The van der Waals surface area contributed by atoms with Crippen LogP contribution in [0.5, 0.6) is 5.75 Å². The van der Waals surface area contributed by atoms with Gasteiger partial charge in [-0.1, -0.05) is 30.3 Å². The van der Waals surface area contributed by atoms with Crippen molar-refractivity contribution in [3.63, 3.8) is 0 Å². The van der Waals surface area contributed by atoms with Crippen LogP contribution in [-0.4, -0.2) is 32.9 Å². The number of benzene rings is 2. The molecule has 0 spiro atoms. The van der Waals surface area contributed by atoms with Gasteiger partial charge in [0.2, 0.25) is 4.77 Å². The molecular weight excluding hydrogens is 356 g/mol. The smallest absolute Gasteiger partial charge is 0.203 e. The highest BCUT2D eigenvalue weighted by atomic mass is 32.1. The quantitative estimate of drug-likeness (QED) is 0.610. The van der Waals surface area contributed by atoms with Gasteiger partial charge in [-0.3, -0.25) is 9.47 Å². The van der Waals surface area contributed by atoms with Crippen molar-refractivity contribution < 1.29 is 4.74 Å². The lowest BCUT2D eigenvalue weighted by molar-refractivity contribution is 0.190. The Hall–Kier alpha value is -2.44. The topological polar surface area (TPSA) is 35.2 Å². The Balaban J connectivity index is 1.57. The van der Waals surface area contributed by atoms with Crippen molar-refractivity contribution in [3.8, 4) is 11.4 Å². The Morgan fingerprint density at radius 1 is 1.15 bits per heavy atom. The van der Waals surface area contributed by atoms with E-state index in [1.165, 1.54) is 17.5 Å². The molecule has 1 aliphatic heterocycles. The monoisotopic (exact) mass is 380 g/mol. The van der Waals surface area contributed by atoms with Crippen molar-refractivity contribution in [1.82, 2.24) is 19.2 Å². The Morgan fingerprint density at radius 2 is 1.93 bits per heavy atom. The highest BCUT2D eigenvalue weighted by molar-refractivity contribution is 7.71. The number of likely N-dealkylation sites (tertiary alicyclic amines) is 1. The number of para-hydroxylation sites is 1. The maximum absolute atomic E-state index is 5.71. The van der Waals surface area contributed by atoms with E-state index in [0.29, 0.717) is 12.7 Å². The molecule has 1 fully saturated rings. The first kappa shape index (κ1) is 17.9. The fourth-order valence-corrected chi connectivity index (χ4v) is 4.05. The Morgan fingerprint density at radius 3 is 2.67 bits per heavy atom. The summed E-state index contributed by atoms with van der Waals surface area (Å²) < 4.78 is 9.92. The van der Waals surface area contributed by atoms with E-state index in [4.69, 9.17) is 17.0 Å². The van der Waals surface area contributed by atoms with Gasteiger partial charge in [-0.25, -0.2) is 4.68 Å². The first-order valence-electron chi connectivity index (χ1n) is 9.26. The van der Waals surface area contributed by atoms with Gasteiger partial charge in [-0.05, 0) is 61.3 Å². The van der Waals surface area contributed by atoms with E-state index in [-0.39, 0.29) is 0 Å². The van der Waals surface area contributed by atoms with Gasteiger partial charge in [0, 0.05) is 12.6 Å². The molecule has 0 N–H and O–H groups in total. The third kappa shape index (κ3) is 3.55. The van der Waals surface area contributed by atoms with Crippen LogP contribution in [0.4, 0.5) is 0 Å². The van der Waals surface area contributed by atoms with E-state index < -0.39 is 0 Å². The van der Waals surface area contributed by atoms with Gasteiger partial charge < -0.3 is 4.74 Å². The predicted molar refractivity (Wildman–Crippen MR) is 109 cm³/mol. The second-order valence-corrected chi connectivity index (χ2v) is 7.32. The maximum atomic E-state index is 5.71.